The van der Waals surface area contributed by atoms with Gasteiger partial charge in [0.15, 0.2) is 0 Å². The third kappa shape index (κ3) is 6.65. The van der Waals surface area contributed by atoms with E-state index in [1.54, 1.807) is 30.3 Å². The number of nitrogens with zero attached hydrogens (tertiary/aromatic N) is 2. The molecule has 0 saturated heterocycles. The molecule has 0 radical (unpaired) electrons. The Balaban J connectivity index is 2.09. The minimum Gasteiger partial charge on any atom is -0.357 e. The van der Waals surface area contributed by atoms with Gasteiger partial charge in [0.1, 0.15) is 12.6 Å². The lowest BCUT2D eigenvalue weighted by Gasteiger charge is -2.32. The molecule has 7 nitrogen and oxygen atoms in total. The number of amides is 2. The van der Waals surface area contributed by atoms with E-state index in [2.05, 4.69) is 5.32 Å². The van der Waals surface area contributed by atoms with Crippen molar-refractivity contribution in [3.63, 3.8) is 0 Å². The maximum absolute atomic E-state index is 13.6. The summed E-state index contributed by atoms with van der Waals surface area (Å²) in [5.41, 5.74) is -0.945. The Kier molecular flexibility index (Phi) is 9.05. The van der Waals surface area contributed by atoms with Gasteiger partial charge in [0, 0.05) is 18.6 Å². The van der Waals surface area contributed by atoms with Gasteiger partial charge in [-0.3, -0.25) is 13.9 Å². The number of rotatable bonds is 9. The van der Waals surface area contributed by atoms with Gasteiger partial charge >= 0.3 is 6.18 Å². The Morgan fingerprint density at radius 2 is 1.61 bits per heavy atom. The van der Waals surface area contributed by atoms with Crippen molar-refractivity contribution in [1.29, 1.82) is 0 Å². The number of likely N-dealkylation sites (N-methyl/N-ethyl adjacent to an activating group) is 1. The Hall–Kier alpha value is -3.57. The fourth-order valence-electron chi connectivity index (χ4n) is 3.69. The number of alkyl halides is 3. The van der Waals surface area contributed by atoms with Gasteiger partial charge < -0.3 is 10.2 Å². The van der Waals surface area contributed by atoms with Gasteiger partial charge in [0.25, 0.3) is 10.0 Å². The molecule has 0 saturated carbocycles. The normalized spacial score (nSPS) is 12.5. The predicted octanol–water partition coefficient (Wildman–Crippen LogP) is 4.72. The van der Waals surface area contributed by atoms with E-state index in [0.29, 0.717) is 21.0 Å². The molecule has 0 heterocycles. The van der Waals surface area contributed by atoms with Crippen molar-refractivity contribution in [3.8, 4) is 0 Å². The zero-order valence-corrected chi connectivity index (χ0v) is 22.0. The molecule has 0 aliphatic rings. The first-order valence-corrected chi connectivity index (χ1v) is 13.2. The fraction of sp³-hybridized carbons (Fsp3) is 0.231. The highest BCUT2D eigenvalue weighted by atomic mass is 35.5. The average molecular weight is 568 g/mol. The van der Waals surface area contributed by atoms with Crippen LogP contribution in [0, 0.1) is 0 Å². The zero-order valence-electron chi connectivity index (χ0n) is 20.4. The maximum Gasteiger partial charge on any atom is 0.416 e. The van der Waals surface area contributed by atoms with Crippen LogP contribution in [0.25, 0.3) is 0 Å². The highest BCUT2D eigenvalue weighted by molar-refractivity contribution is 7.92. The van der Waals surface area contributed by atoms with Gasteiger partial charge in [-0.15, -0.1) is 0 Å². The molecular formula is C26H25ClF3N3O4S. The molecule has 202 valence electrons. The van der Waals surface area contributed by atoms with E-state index in [1.807, 2.05) is 0 Å². The van der Waals surface area contributed by atoms with Crippen molar-refractivity contribution in [2.45, 2.75) is 30.6 Å². The SMILES string of the molecule is CNC(=O)C(C)N(Cc1ccccc1Cl)C(=O)CN(c1cccc(C(F)(F)F)c1)S(=O)(=O)c1ccccc1. The van der Waals surface area contributed by atoms with E-state index in [9.17, 15) is 31.2 Å². The molecule has 1 unspecified atom stereocenters. The number of hydrogen-bond donors (Lipinski definition) is 1. The third-order valence-corrected chi connectivity index (χ3v) is 7.94. The second kappa shape index (κ2) is 11.9. The molecule has 0 aliphatic carbocycles. The van der Waals surface area contributed by atoms with E-state index >= 15 is 0 Å². The second-order valence-electron chi connectivity index (χ2n) is 8.28. The lowest BCUT2D eigenvalue weighted by atomic mass is 10.1. The van der Waals surface area contributed by atoms with E-state index in [-0.39, 0.29) is 17.1 Å². The van der Waals surface area contributed by atoms with E-state index in [1.165, 1.54) is 44.3 Å². The summed E-state index contributed by atoms with van der Waals surface area (Å²) in [4.78, 5) is 27.0. The fourth-order valence-corrected chi connectivity index (χ4v) is 5.31. The molecule has 1 N–H and O–H groups in total. The van der Waals surface area contributed by atoms with Crippen LogP contribution in [-0.4, -0.2) is 44.8 Å². The molecule has 0 aromatic heterocycles. The van der Waals surface area contributed by atoms with Gasteiger partial charge in [-0.25, -0.2) is 8.42 Å². The molecule has 1 atom stereocenters. The monoisotopic (exact) mass is 567 g/mol. The quantitative estimate of drug-likeness (QED) is 0.405. The summed E-state index contributed by atoms with van der Waals surface area (Å²) in [5, 5.41) is 2.76. The standard InChI is InChI=1S/C26H25ClF3N3O4S/c1-18(25(35)31-2)32(16-19-9-6-7-14-23(19)27)24(34)17-33(38(36,37)22-12-4-3-5-13-22)21-11-8-10-20(15-21)26(28,29)30/h3-15,18H,16-17H2,1-2H3,(H,31,35). The predicted molar refractivity (Wildman–Crippen MR) is 138 cm³/mol. The summed E-state index contributed by atoms with van der Waals surface area (Å²) in [6.45, 7) is 0.438. The minimum absolute atomic E-state index is 0.144. The van der Waals surface area contributed by atoms with Crippen molar-refractivity contribution < 1.29 is 31.2 Å². The summed E-state index contributed by atoms with van der Waals surface area (Å²) < 4.78 is 68.2. The van der Waals surface area contributed by atoms with Crippen molar-refractivity contribution in [1.82, 2.24) is 10.2 Å². The van der Waals surface area contributed by atoms with E-state index in [0.717, 1.165) is 17.0 Å². The van der Waals surface area contributed by atoms with Crippen molar-refractivity contribution in [2.24, 2.45) is 0 Å². The molecular weight excluding hydrogens is 543 g/mol. The first kappa shape index (κ1) is 29.0. The van der Waals surface area contributed by atoms with Crippen LogP contribution in [0.5, 0.6) is 0 Å². The highest BCUT2D eigenvalue weighted by Crippen LogP contribution is 2.33. The third-order valence-electron chi connectivity index (χ3n) is 5.78. The number of nitrogens with one attached hydrogen (secondary N) is 1. The molecule has 12 heteroatoms. The zero-order chi connectivity index (χ0) is 28.1. The molecule has 0 fully saturated rings. The minimum atomic E-state index is -4.74. The molecule has 0 aliphatic heterocycles. The smallest absolute Gasteiger partial charge is 0.357 e. The molecule has 3 aromatic rings. The highest BCUT2D eigenvalue weighted by Gasteiger charge is 2.35. The van der Waals surface area contributed by atoms with Crippen molar-refractivity contribution in [3.05, 3.63) is 95.0 Å². The Morgan fingerprint density at radius 3 is 2.21 bits per heavy atom. The first-order valence-electron chi connectivity index (χ1n) is 11.4. The van der Waals surface area contributed by atoms with Crippen LogP contribution in [0.1, 0.15) is 18.1 Å². The first-order chi connectivity index (χ1) is 17.9. The van der Waals surface area contributed by atoms with Gasteiger partial charge in [0.05, 0.1) is 16.1 Å². The molecule has 38 heavy (non-hydrogen) atoms. The average Bonchev–Trinajstić information content (AvgIpc) is 2.90. The van der Waals surface area contributed by atoms with Crippen molar-refractivity contribution >= 4 is 39.1 Å². The van der Waals surface area contributed by atoms with Gasteiger partial charge in [-0.05, 0) is 48.9 Å². The largest absolute Gasteiger partial charge is 0.416 e. The van der Waals surface area contributed by atoms with Gasteiger partial charge in [-0.2, -0.15) is 13.2 Å². The van der Waals surface area contributed by atoms with Gasteiger partial charge in [-0.1, -0.05) is 54.1 Å². The van der Waals surface area contributed by atoms with E-state index < -0.39 is 46.2 Å². The number of benzene rings is 3. The summed E-state index contributed by atoms with van der Waals surface area (Å²) in [7, 11) is -3.10. The number of carbonyl (C=O) groups excluding carboxylic acids is 2. The molecule has 3 aromatic carbocycles. The lowest BCUT2D eigenvalue weighted by Crippen LogP contribution is -2.50. The summed E-state index contributed by atoms with van der Waals surface area (Å²) in [6, 6.07) is 16.3. The number of halogens is 4. The summed E-state index contributed by atoms with van der Waals surface area (Å²) in [5.74, 6) is -1.35. The van der Waals surface area contributed by atoms with Crippen LogP contribution >= 0.6 is 11.6 Å². The van der Waals surface area contributed by atoms with Crippen LogP contribution in [-0.2, 0) is 32.3 Å². The topological polar surface area (TPSA) is 86.8 Å². The molecule has 3 rings (SSSR count). The van der Waals surface area contributed by atoms with E-state index in [4.69, 9.17) is 11.6 Å². The number of sulfonamides is 1. The summed E-state index contributed by atoms with van der Waals surface area (Å²) in [6.07, 6.45) is -4.74. The van der Waals surface area contributed by atoms with Crippen LogP contribution in [0.4, 0.5) is 18.9 Å². The van der Waals surface area contributed by atoms with Gasteiger partial charge in [0.2, 0.25) is 11.8 Å². The maximum atomic E-state index is 13.6. The molecule has 0 bridgehead atoms. The Bertz CT molecular complexity index is 1400. The Labute approximate surface area is 223 Å². The second-order valence-corrected chi connectivity index (χ2v) is 10.5. The Morgan fingerprint density at radius 1 is 0.974 bits per heavy atom. The summed E-state index contributed by atoms with van der Waals surface area (Å²) >= 11 is 6.25. The molecule has 2 amide bonds. The van der Waals surface area contributed by atoms with Crippen LogP contribution in [0.2, 0.25) is 5.02 Å². The molecule has 0 spiro atoms. The van der Waals surface area contributed by atoms with Crippen LogP contribution < -0.4 is 9.62 Å². The number of carbonyl (C=O) groups is 2. The van der Waals surface area contributed by atoms with Crippen molar-refractivity contribution in [2.75, 3.05) is 17.9 Å². The number of hydrogen-bond acceptors (Lipinski definition) is 4. The number of anilines is 1. The van der Waals surface area contributed by atoms with Crippen LogP contribution in [0.3, 0.4) is 0 Å². The lowest BCUT2D eigenvalue weighted by molar-refractivity contribution is -0.139. The van der Waals surface area contributed by atoms with Crippen LogP contribution in [0.15, 0.2) is 83.8 Å².